The van der Waals surface area contributed by atoms with Gasteiger partial charge in [0.1, 0.15) is 0 Å². The molecule has 0 unspecified atom stereocenters. The Kier molecular flexibility index (Phi) is 3.53. The van der Waals surface area contributed by atoms with Crippen LogP contribution in [-0.4, -0.2) is 44.4 Å². The molecule has 2 aromatic carbocycles. The second kappa shape index (κ2) is 5.94. The van der Waals surface area contributed by atoms with Crippen LogP contribution < -0.4 is 0 Å². The largest absolute Gasteiger partial charge is 0.478 e. The van der Waals surface area contributed by atoms with E-state index < -0.39 is 5.97 Å². The van der Waals surface area contributed by atoms with E-state index in [0.717, 1.165) is 42.4 Å². The molecule has 6 heteroatoms. The number of aromatic amines is 1. The molecule has 1 aliphatic carbocycles. The molecule has 5 rings (SSSR count). The number of piperidine rings is 1. The van der Waals surface area contributed by atoms with Gasteiger partial charge in [-0.2, -0.15) is 0 Å². The number of hydrogen-bond acceptors (Lipinski definition) is 3. The summed E-state index contributed by atoms with van der Waals surface area (Å²) in [5.74, 6) is -0.594. The minimum atomic E-state index is -0.909. The third-order valence-electron chi connectivity index (χ3n) is 5.93. The van der Waals surface area contributed by atoms with E-state index in [1.807, 2.05) is 29.2 Å². The van der Waals surface area contributed by atoms with Crippen LogP contribution in [0, 0.1) is 0 Å². The van der Waals surface area contributed by atoms with Gasteiger partial charge in [-0.25, -0.2) is 9.78 Å². The molecule has 0 bridgehead atoms. The number of nitrogens with one attached hydrogen (secondary N) is 1. The van der Waals surface area contributed by atoms with Crippen LogP contribution in [0.3, 0.4) is 0 Å². The number of carboxylic acids is 1. The van der Waals surface area contributed by atoms with Crippen LogP contribution in [0.4, 0.5) is 0 Å². The van der Waals surface area contributed by atoms with Crippen molar-refractivity contribution in [1.82, 2.24) is 14.9 Å². The van der Waals surface area contributed by atoms with Crippen molar-refractivity contribution in [2.45, 2.75) is 31.2 Å². The van der Waals surface area contributed by atoms with Gasteiger partial charge < -0.3 is 15.0 Å². The molecule has 0 radical (unpaired) electrons. The Morgan fingerprint density at radius 1 is 1.15 bits per heavy atom. The summed E-state index contributed by atoms with van der Waals surface area (Å²) in [5.41, 5.74) is 4.93. The number of carbonyl (C=O) groups excluding carboxylic acids is 1. The molecule has 2 N–H and O–H groups in total. The van der Waals surface area contributed by atoms with Gasteiger partial charge in [-0.1, -0.05) is 6.07 Å². The fourth-order valence-corrected chi connectivity index (χ4v) is 4.66. The highest BCUT2D eigenvalue weighted by Crippen LogP contribution is 2.42. The SMILES string of the molecule is O=C(O)c1ccc2c(c1)C[C@H]1[C@@H]2CCCN1C(=O)c1ccc2[nH]cnc2c1. The van der Waals surface area contributed by atoms with Gasteiger partial charge in [0, 0.05) is 24.1 Å². The third kappa shape index (κ3) is 2.51. The van der Waals surface area contributed by atoms with Crippen LogP contribution in [0.25, 0.3) is 11.0 Å². The summed E-state index contributed by atoms with van der Waals surface area (Å²) in [7, 11) is 0. The first-order valence-corrected chi connectivity index (χ1v) is 9.22. The fourth-order valence-electron chi connectivity index (χ4n) is 4.66. The van der Waals surface area contributed by atoms with E-state index >= 15 is 0 Å². The van der Waals surface area contributed by atoms with Crippen molar-refractivity contribution in [3.8, 4) is 0 Å². The minimum Gasteiger partial charge on any atom is -0.478 e. The second-order valence-electron chi connectivity index (χ2n) is 7.37. The quantitative estimate of drug-likeness (QED) is 0.734. The molecule has 136 valence electrons. The van der Waals surface area contributed by atoms with E-state index in [-0.39, 0.29) is 17.9 Å². The normalized spacial score (nSPS) is 21.1. The van der Waals surface area contributed by atoms with Gasteiger partial charge in [-0.15, -0.1) is 0 Å². The van der Waals surface area contributed by atoms with E-state index in [0.29, 0.717) is 11.1 Å². The number of aromatic carboxylic acids is 1. The fraction of sp³-hybridized carbons (Fsp3) is 0.286. The molecule has 1 saturated heterocycles. The van der Waals surface area contributed by atoms with E-state index in [1.54, 1.807) is 18.5 Å². The van der Waals surface area contributed by atoms with E-state index in [1.165, 1.54) is 5.56 Å². The Balaban J connectivity index is 1.47. The zero-order chi connectivity index (χ0) is 18.5. The maximum atomic E-state index is 13.2. The number of nitrogens with zero attached hydrogens (tertiary/aromatic N) is 2. The van der Waals surface area contributed by atoms with Crippen LogP contribution in [0.1, 0.15) is 50.6 Å². The summed E-state index contributed by atoms with van der Waals surface area (Å²) >= 11 is 0. The lowest BCUT2D eigenvalue weighted by atomic mass is 9.88. The lowest BCUT2D eigenvalue weighted by Crippen LogP contribution is -2.46. The van der Waals surface area contributed by atoms with Crippen LogP contribution in [0.5, 0.6) is 0 Å². The molecular formula is C21H19N3O3. The Labute approximate surface area is 155 Å². The summed E-state index contributed by atoms with van der Waals surface area (Å²) in [6.45, 7) is 0.735. The van der Waals surface area contributed by atoms with Crippen LogP contribution in [0.2, 0.25) is 0 Å². The molecular weight excluding hydrogens is 342 g/mol. The number of rotatable bonds is 2. The maximum absolute atomic E-state index is 13.2. The van der Waals surface area contributed by atoms with Gasteiger partial charge in [-0.05, 0) is 60.7 Å². The molecule has 3 aromatic rings. The van der Waals surface area contributed by atoms with Gasteiger partial charge in [0.05, 0.1) is 22.9 Å². The van der Waals surface area contributed by atoms with Gasteiger partial charge in [0.2, 0.25) is 0 Å². The average molecular weight is 361 g/mol. The molecule has 6 nitrogen and oxygen atoms in total. The number of H-pyrrole nitrogens is 1. The van der Waals surface area contributed by atoms with Crippen LogP contribution in [0.15, 0.2) is 42.7 Å². The molecule has 2 atom stereocenters. The topological polar surface area (TPSA) is 86.3 Å². The van der Waals surface area contributed by atoms with Gasteiger partial charge in [0.15, 0.2) is 0 Å². The van der Waals surface area contributed by atoms with Crippen molar-refractivity contribution in [2.75, 3.05) is 6.54 Å². The molecule has 0 spiro atoms. The first-order valence-electron chi connectivity index (χ1n) is 9.22. The molecule has 1 aliphatic heterocycles. The minimum absolute atomic E-state index is 0.0286. The number of amides is 1. The summed E-state index contributed by atoms with van der Waals surface area (Å²) in [6.07, 6.45) is 4.34. The molecule has 1 amide bonds. The highest BCUT2D eigenvalue weighted by Gasteiger charge is 2.41. The van der Waals surface area contributed by atoms with E-state index in [9.17, 15) is 14.7 Å². The summed E-state index contributed by atoms with van der Waals surface area (Å²) in [5, 5.41) is 9.26. The van der Waals surface area contributed by atoms with Crippen molar-refractivity contribution in [2.24, 2.45) is 0 Å². The number of benzene rings is 2. The zero-order valence-electron chi connectivity index (χ0n) is 14.7. The molecule has 2 heterocycles. The predicted octanol–water partition coefficient (Wildman–Crippen LogP) is 3.21. The van der Waals surface area contributed by atoms with Crippen LogP contribution >= 0.6 is 0 Å². The Morgan fingerprint density at radius 3 is 2.85 bits per heavy atom. The monoisotopic (exact) mass is 361 g/mol. The van der Waals surface area contributed by atoms with E-state index in [4.69, 9.17) is 0 Å². The number of carbonyl (C=O) groups is 2. The Morgan fingerprint density at radius 2 is 2.00 bits per heavy atom. The standard InChI is InChI=1S/C21H19N3O3/c25-20(12-4-6-17-18(9-12)23-11-22-17)24-7-1-2-16-15-5-3-13(21(26)27)8-14(15)10-19(16)24/h3-6,8-9,11,16,19H,1-2,7,10H2,(H,22,23)(H,26,27)/t16-,19+/m1/s1. The second-order valence-corrected chi connectivity index (χ2v) is 7.37. The zero-order valence-corrected chi connectivity index (χ0v) is 14.7. The number of fused-ring (bicyclic) bond motifs is 4. The lowest BCUT2D eigenvalue weighted by Gasteiger charge is -2.38. The first-order chi connectivity index (χ1) is 13.1. The smallest absolute Gasteiger partial charge is 0.335 e. The average Bonchev–Trinajstić information content (AvgIpc) is 3.30. The van der Waals surface area contributed by atoms with E-state index in [2.05, 4.69) is 9.97 Å². The number of hydrogen-bond donors (Lipinski definition) is 2. The van der Waals surface area contributed by atoms with Crippen molar-refractivity contribution in [3.63, 3.8) is 0 Å². The van der Waals surface area contributed by atoms with Crippen molar-refractivity contribution in [1.29, 1.82) is 0 Å². The van der Waals surface area contributed by atoms with Gasteiger partial charge in [-0.3, -0.25) is 4.79 Å². The maximum Gasteiger partial charge on any atom is 0.335 e. The van der Waals surface area contributed by atoms with Crippen molar-refractivity contribution in [3.05, 3.63) is 65.0 Å². The highest BCUT2D eigenvalue weighted by atomic mass is 16.4. The molecule has 2 aliphatic rings. The van der Waals surface area contributed by atoms with Crippen molar-refractivity contribution >= 4 is 22.9 Å². The third-order valence-corrected chi connectivity index (χ3v) is 5.93. The first kappa shape index (κ1) is 16.1. The van der Waals surface area contributed by atoms with Crippen molar-refractivity contribution < 1.29 is 14.7 Å². The summed E-state index contributed by atoms with van der Waals surface area (Å²) in [6, 6.07) is 11.1. The number of likely N-dealkylation sites (tertiary alicyclic amines) is 1. The predicted molar refractivity (Wildman–Crippen MR) is 100.0 cm³/mol. The number of carboxylic acid groups (broad SMARTS) is 1. The summed E-state index contributed by atoms with van der Waals surface area (Å²) < 4.78 is 0. The summed E-state index contributed by atoms with van der Waals surface area (Å²) in [4.78, 5) is 33.8. The highest BCUT2D eigenvalue weighted by molar-refractivity contribution is 5.97. The van der Waals surface area contributed by atoms with Gasteiger partial charge >= 0.3 is 5.97 Å². The Bertz CT molecular complexity index is 1070. The molecule has 27 heavy (non-hydrogen) atoms. The lowest BCUT2D eigenvalue weighted by molar-refractivity contribution is 0.0594. The number of imidazole rings is 1. The van der Waals surface area contributed by atoms with Crippen LogP contribution in [-0.2, 0) is 6.42 Å². The Hall–Kier alpha value is -3.15. The molecule has 1 fully saturated rings. The molecule has 0 saturated carbocycles. The molecule has 1 aromatic heterocycles. The number of aromatic nitrogens is 2. The van der Waals surface area contributed by atoms with Gasteiger partial charge in [0.25, 0.3) is 5.91 Å².